The average Bonchev–Trinajstić information content (AvgIpc) is 3.08. The minimum atomic E-state index is -5.16. The van der Waals surface area contributed by atoms with Crippen LogP contribution in [0.15, 0.2) is 42.6 Å². The summed E-state index contributed by atoms with van der Waals surface area (Å²) >= 11 is 0. The first-order valence-electron chi connectivity index (χ1n) is 8.16. The third-order valence-electron chi connectivity index (χ3n) is 3.59. The number of hydrogen-bond donors (Lipinski definition) is 1. The number of anilines is 1. The first-order chi connectivity index (χ1) is 14.1. The summed E-state index contributed by atoms with van der Waals surface area (Å²) in [6.07, 6.45) is 1.28. The number of hydrogen-bond acceptors (Lipinski definition) is 7. The molecule has 9 nitrogen and oxygen atoms in total. The molecule has 1 aromatic heterocycles. The Balaban J connectivity index is 1.71. The Morgan fingerprint density at radius 3 is 2.30 bits per heavy atom. The standard InChI is InChI=1S/C17H13F3N4O5S/c1-10(25)21-17-8-24(23-22-17)11-6-15(18)14(16(19)7-11)9-28-12-2-4-13(5-3-12)29-30(20,26)27/h2-8H,9H2,1H3,(H,21,25). The zero-order valence-corrected chi connectivity index (χ0v) is 16.0. The van der Waals surface area contributed by atoms with Crippen LogP contribution in [0.3, 0.4) is 0 Å². The molecular weight excluding hydrogens is 429 g/mol. The Hall–Kier alpha value is -3.61. The van der Waals surface area contributed by atoms with Gasteiger partial charge in [0.05, 0.1) is 17.4 Å². The molecule has 0 aliphatic rings. The van der Waals surface area contributed by atoms with E-state index >= 15 is 0 Å². The zero-order valence-electron chi connectivity index (χ0n) is 15.2. The summed E-state index contributed by atoms with van der Waals surface area (Å²) in [4.78, 5) is 11.0. The van der Waals surface area contributed by atoms with Crippen molar-refractivity contribution in [2.75, 3.05) is 5.32 Å². The maximum atomic E-state index is 14.4. The van der Waals surface area contributed by atoms with Gasteiger partial charge in [0.2, 0.25) is 5.91 Å². The highest BCUT2D eigenvalue weighted by atomic mass is 32.3. The molecule has 30 heavy (non-hydrogen) atoms. The van der Waals surface area contributed by atoms with Crippen molar-refractivity contribution < 1.29 is 34.8 Å². The van der Waals surface area contributed by atoms with Crippen molar-refractivity contribution in [2.45, 2.75) is 13.5 Å². The highest BCUT2D eigenvalue weighted by molar-refractivity contribution is 7.81. The van der Waals surface area contributed by atoms with Crippen molar-refractivity contribution >= 4 is 22.2 Å². The second kappa shape index (κ2) is 8.41. The Kier molecular flexibility index (Phi) is 5.91. The van der Waals surface area contributed by atoms with Crippen LogP contribution in [-0.4, -0.2) is 29.3 Å². The van der Waals surface area contributed by atoms with Gasteiger partial charge < -0.3 is 14.2 Å². The predicted molar refractivity (Wildman–Crippen MR) is 97.0 cm³/mol. The van der Waals surface area contributed by atoms with Crippen molar-refractivity contribution in [2.24, 2.45) is 0 Å². The quantitative estimate of drug-likeness (QED) is 0.560. The SMILES string of the molecule is CC(=O)Nc1cn(-c2cc(F)c(COc3ccc(OS(=O)(=O)F)cc3)c(F)c2)nn1. The molecule has 1 heterocycles. The number of nitrogens with one attached hydrogen (secondary N) is 1. The fourth-order valence-corrected chi connectivity index (χ4v) is 2.69. The highest BCUT2D eigenvalue weighted by Crippen LogP contribution is 2.23. The lowest BCUT2D eigenvalue weighted by Gasteiger charge is -2.10. The normalized spacial score (nSPS) is 11.2. The molecule has 0 atom stereocenters. The number of halogens is 3. The van der Waals surface area contributed by atoms with Crippen LogP contribution >= 0.6 is 0 Å². The van der Waals surface area contributed by atoms with Gasteiger partial charge in [0.25, 0.3) is 0 Å². The van der Waals surface area contributed by atoms with Crippen molar-refractivity contribution in [3.05, 3.63) is 59.8 Å². The molecular formula is C17H13F3N4O5S. The van der Waals surface area contributed by atoms with Gasteiger partial charge in [0.1, 0.15) is 29.7 Å². The molecule has 3 aromatic rings. The van der Waals surface area contributed by atoms with E-state index in [1.54, 1.807) is 0 Å². The molecule has 0 bridgehead atoms. The highest BCUT2D eigenvalue weighted by Gasteiger charge is 2.15. The van der Waals surface area contributed by atoms with Gasteiger partial charge in [-0.2, -0.15) is 8.42 Å². The third kappa shape index (κ3) is 5.47. The zero-order chi connectivity index (χ0) is 21.9. The van der Waals surface area contributed by atoms with Crippen LogP contribution in [0.1, 0.15) is 12.5 Å². The van der Waals surface area contributed by atoms with E-state index in [0.29, 0.717) is 0 Å². The molecule has 3 rings (SSSR count). The lowest BCUT2D eigenvalue weighted by atomic mass is 10.2. The van der Waals surface area contributed by atoms with E-state index in [1.165, 1.54) is 25.3 Å². The van der Waals surface area contributed by atoms with Gasteiger partial charge >= 0.3 is 10.5 Å². The number of benzene rings is 2. The minimum Gasteiger partial charge on any atom is -0.489 e. The topological polar surface area (TPSA) is 112 Å². The fraction of sp³-hybridized carbons (Fsp3) is 0.118. The Morgan fingerprint density at radius 1 is 1.13 bits per heavy atom. The number of rotatable bonds is 7. The molecule has 1 amide bonds. The summed E-state index contributed by atoms with van der Waals surface area (Å²) in [5.41, 5.74) is -0.334. The van der Waals surface area contributed by atoms with E-state index in [0.717, 1.165) is 28.9 Å². The molecule has 0 unspecified atom stereocenters. The van der Waals surface area contributed by atoms with Gasteiger partial charge in [-0.3, -0.25) is 4.79 Å². The number of amides is 1. The smallest absolute Gasteiger partial charge is 0.488 e. The summed E-state index contributed by atoms with van der Waals surface area (Å²) in [6, 6.07) is 6.72. The van der Waals surface area contributed by atoms with E-state index in [2.05, 4.69) is 19.8 Å². The van der Waals surface area contributed by atoms with E-state index in [-0.39, 0.29) is 34.5 Å². The van der Waals surface area contributed by atoms with Crippen LogP contribution in [-0.2, 0) is 21.9 Å². The lowest BCUT2D eigenvalue weighted by molar-refractivity contribution is -0.114. The number of carbonyl (C=O) groups excluding carboxylic acids is 1. The van der Waals surface area contributed by atoms with Gasteiger partial charge in [-0.25, -0.2) is 13.5 Å². The van der Waals surface area contributed by atoms with E-state index < -0.39 is 28.7 Å². The van der Waals surface area contributed by atoms with Crippen LogP contribution in [0.4, 0.5) is 18.5 Å². The molecule has 13 heteroatoms. The largest absolute Gasteiger partial charge is 0.489 e. The molecule has 0 fully saturated rings. The maximum Gasteiger partial charge on any atom is 0.488 e. The van der Waals surface area contributed by atoms with E-state index in [1.807, 2.05) is 0 Å². The Bertz CT molecular complexity index is 1160. The van der Waals surface area contributed by atoms with Gasteiger partial charge in [-0.1, -0.05) is 9.10 Å². The van der Waals surface area contributed by atoms with Crippen molar-refractivity contribution in [1.29, 1.82) is 0 Å². The first kappa shape index (κ1) is 21.1. The second-order valence-electron chi connectivity index (χ2n) is 5.85. The monoisotopic (exact) mass is 442 g/mol. The third-order valence-corrected chi connectivity index (χ3v) is 3.98. The Labute approximate surface area is 168 Å². The van der Waals surface area contributed by atoms with E-state index in [4.69, 9.17) is 4.74 Å². The van der Waals surface area contributed by atoms with Crippen LogP contribution in [0.5, 0.6) is 11.5 Å². The molecule has 1 N–H and O–H groups in total. The molecule has 0 saturated heterocycles. The minimum absolute atomic E-state index is 0.0341. The number of nitrogens with zero attached hydrogens (tertiary/aromatic N) is 3. The molecule has 0 saturated carbocycles. The summed E-state index contributed by atoms with van der Waals surface area (Å²) < 4.78 is 72.4. The summed E-state index contributed by atoms with van der Waals surface area (Å²) in [5, 5.41) is 9.73. The summed E-state index contributed by atoms with van der Waals surface area (Å²) in [6.45, 7) is 0.796. The van der Waals surface area contributed by atoms with E-state index in [9.17, 15) is 25.9 Å². The first-order valence-corrected chi connectivity index (χ1v) is 9.47. The lowest BCUT2D eigenvalue weighted by Crippen LogP contribution is -2.06. The van der Waals surface area contributed by atoms with Crippen LogP contribution in [0, 0.1) is 11.6 Å². The Morgan fingerprint density at radius 2 is 1.73 bits per heavy atom. The molecule has 158 valence electrons. The summed E-state index contributed by atoms with van der Waals surface area (Å²) in [7, 11) is -5.16. The van der Waals surface area contributed by atoms with Gasteiger partial charge in [0, 0.05) is 19.1 Å². The summed E-state index contributed by atoms with van der Waals surface area (Å²) in [5.74, 6) is -2.24. The predicted octanol–water partition coefficient (Wildman–Crippen LogP) is 2.68. The average molecular weight is 442 g/mol. The van der Waals surface area contributed by atoms with Crippen LogP contribution < -0.4 is 14.2 Å². The number of ether oxygens (including phenoxy) is 1. The van der Waals surface area contributed by atoms with Gasteiger partial charge in [-0.05, 0) is 24.3 Å². The number of carbonyl (C=O) groups is 1. The second-order valence-corrected chi connectivity index (χ2v) is 6.81. The van der Waals surface area contributed by atoms with Crippen molar-refractivity contribution in [1.82, 2.24) is 15.0 Å². The van der Waals surface area contributed by atoms with Crippen LogP contribution in [0.25, 0.3) is 5.69 Å². The van der Waals surface area contributed by atoms with Gasteiger partial charge in [-0.15, -0.1) is 5.10 Å². The van der Waals surface area contributed by atoms with Crippen molar-refractivity contribution in [3.8, 4) is 17.2 Å². The van der Waals surface area contributed by atoms with Crippen LogP contribution in [0.2, 0.25) is 0 Å². The maximum absolute atomic E-state index is 14.4. The van der Waals surface area contributed by atoms with Crippen molar-refractivity contribution in [3.63, 3.8) is 0 Å². The number of aromatic nitrogens is 3. The molecule has 0 aliphatic carbocycles. The molecule has 0 aliphatic heterocycles. The molecule has 2 aromatic carbocycles. The van der Waals surface area contributed by atoms with Gasteiger partial charge in [0.15, 0.2) is 5.82 Å². The molecule has 0 spiro atoms. The fourth-order valence-electron chi connectivity index (χ4n) is 2.35. The molecule has 0 radical (unpaired) electrons.